The lowest BCUT2D eigenvalue weighted by Crippen LogP contribution is -2.35. The number of benzene rings is 2. The van der Waals surface area contributed by atoms with Crippen LogP contribution in [0.4, 0.5) is 0 Å². The maximum Gasteiger partial charge on any atom is 0.179 e. The molecule has 0 amide bonds. The number of hydrogen-bond acceptors (Lipinski definition) is 2. The van der Waals surface area contributed by atoms with Gasteiger partial charge in [-0.1, -0.05) is 53.6 Å². The number of Topliss-reactive ketones (excluding diaryl/α,β-unsaturated/α-hetero) is 1. The van der Waals surface area contributed by atoms with Crippen LogP contribution in [0, 0.1) is 6.92 Å². The molecule has 1 unspecified atom stereocenters. The Kier molecular flexibility index (Phi) is 5.16. The van der Waals surface area contributed by atoms with Crippen molar-refractivity contribution in [1.29, 1.82) is 0 Å². The number of carbonyl (C=O) groups is 1. The zero-order valence-electron chi connectivity index (χ0n) is 12.6. The van der Waals surface area contributed by atoms with Gasteiger partial charge in [-0.25, -0.2) is 0 Å². The fourth-order valence-corrected chi connectivity index (χ4v) is 2.43. The van der Waals surface area contributed by atoms with Gasteiger partial charge in [0.15, 0.2) is 5.78 Å². The van der Waals surface area contributed by atoms with E-state index in [-0.39, 0.29) is 11.8 Å². The number of hydrogen-bond donors (Lipinski definition) is 0. The average molecular weight is 302 g/mol. The lowest BCUT2D eigenvalue weighted by molar-refractivity contribution is 0.0862. The van der Waals surface area contributed by atoms with Gasteiger partial charge in [0.1, 0.15) is 0 Å². The number of aryl methyl sites for hydroxylation is 1. The van der Waals surface area contributed by atoms with Gasteiger partial charge in [-0.2, -0.15) is 0 Å². The Labute approximate surface area is 131 Å². The van der Waals surface area contributed by atoms with Gasteiger partial charge < -0.3 is 0 Å². The molecule has 0 N–H and O–H groups in total. The van der Waals surface area contributed by atoms with Gasteiger partial charge >= 0.3 is 0 Å². The first-order valence-electron chi connectivity index (χ1n) is 7.03. The minimum absolute atomic E-state index is 0.138. The predicted molar refractivity (Wildman–Crippen MR) is 87.9 cm³/mol. The summed E-state index contributed by atoms with van der Waals surface area (Å²) in [6.45, 7) is 4.65. The van der Waals surface area contributed by atoms with Crippen LogP contribution in [0.15, 0.2) is 48.5 Å². The Morgan fingerprint density at radius 2 is 1.86 bits per heavy atom. The van der Waals surface area contributed by atoms with E-state index in [9.17, 15) is 4.79 Å². The monoisotopic (exact) mass is 301 g/mol. The molecule has 0 radical (unpaired) electrons. The van der Waals surface area contributed by atoms with E-state index in [0.717, 1.165) is 21.7 Å². The molecule has 110 valence electrons. The normalized spacial score (nSPS) is 12.4. The summed E-state index contributed by atoms with van der Waals surface area (Å²) in [6.07, 6.45) is 0. The Hall–Kier alpha value is -1.64. The Morgan fingerprint density at radius 3 is 2.48 bits per heavy atom. The summed E-state index contributed by atoms with van der Waals surface area (Å²) in [6, 6.07) is 15.3. The van der Waals surface area contributed by atoms with Gasteiger partial charge in [-0.15, -0.1) is 0 Å². The van der Waals surface area contributed by atoms with Crippen molar-refractivity contribution in [2.24, 2.45) is 0 Å². The summed E-state index contributed by atoms with van der Waals surface area (Å²) in [7, 11) is 1.96. The molecule has 0 spiro atoms. The quantitative estimate of drug-likeness (QED) is 0.765. The predicted octanol–water partition coefficient (Wildman–Crippen LogP) is 4.35. The van der Waals surface area contributed by atoms with Crippen LogP contribution in [0.5, 0.6) is 0 Å². The summed E-state index contributed by atoms with van der Waals surface area (Å²) in [5.74, 6) is 0.138. The second-order valence-corrected chi connectivity index (χ2v) is 5.89. The van der Waals surface area contributed by atoms with Gasteiger partial charge in [0.25, 0.3) is 0 Å². The van der Waals surface area contributed by atoms with Crippen molar-refractivity contribution >= 4 is 17.4 Å². The molecule has 2 nitrogen and oxygen atoms in total. The van der Waals surface area contributed by atoms with Crippen LogP contribution < -0.4 is 0 Å². The van der Waals surface area contributed by atoms with Crippen molar-refractivity contribution < 1.29 is 4.79 Å². The number of ketones is 1. The van der Waals surface area contributed by atoms with E-state index in [1.807, 2.05) is 74.3 Å². The van der Waals surface area contributed by atoms with E-state index >= 15 is 0 Å². The SMILES string of the molecule is Cc1ccc(C(=O)C(C)N(C)Cc2cccc(Cl)c2)cc1. The molecule has 0 aliphatic rings. The third-order valence-corrected chi connectivity index (χ3v) is 3.93. The van der Waals surface area contributed by atoms with E-state index in [1.54, 1.807) is 0 Å². The maximum absolute atomic E-state index is 12.5. The third-order valence-electron chi connectivity index (χ3n) is 3.70. The number of rotatable bonds is 5. The van der Waals surface area contributed by atoms with Crippen molar-refractivity contribution in [2.45, 2.75) is 26.4 Å². The van der Waals surface area contributed by atoms with Gasteiger partial charge in [0.05, 0.1) is 6.04 Å². The van der Waals surface area contributed by atoms with Crippen LogP contribution in [-0.4, -0.2) is 23.8 Å². The van der Waals surface area contributed by atoms with Gasteiger partial charge in [0.2, 0.25) is 0 Å². The largest absolute Gasteiger partial charge is 0.292 e. The molecule has 0 bridgehead atoms. The van der Waals surface area contributed by atoms with Crippen molar-refractivity contribution in [1.82, 2.24) is 4.90 Å². The van der Waals surface area contributed by atoms with Crippen LogP contribution in [0.1, 0.15) is 28.4 Å². The van der Waals surface area contributed by atoms with Crippen molar-refractivity contribution in [3.8, 4) is 0 Å². The topological polar surface area (TPSA) is 20.3 Å². The molecule has 0 saturated heterocycles. The van der Waals surface area contributed by atoms with Crippen LogP contribution in [0.25, 0.3) is 0 Å². The number of likely N-dealkylation sites (N-methyl/N-ethyl adjacent to an activating group) is 1. The molecule has 2 rings (SSSR count). The molecular weight excluding hydrogens is 282 g/mol. The van der Waals surface area contributed by atoms with Crippen molar-refractivity contribution in [3.05, 3.63) is 70.2 Å². The van der Waals surface area contributed by atoms with Gasteiger partial charge in [-0.3, -0.25) is 9.69 Å². The molecule has 2 aromatic rings. The summed E-state index contributed by atoms with van der Waals surface area (Å²) < 4.78 is 0. The number of nitrogens with zero attached hydrogens (tertiary/aromatic N) is 1. The molecule has 0 aromatic heterocycles. The highest BCUT2D eigenvalue weighted by atomic mass is 35.5. The third kappa shape index (κ3) is 4.16. The fourth-order valence-electron chi connectivity index (χ4n) is 2.22. The van der Waals surface area contributed by atoms with Crippen molar-refractivity contribution in [2.75, 3.05) is 7.05 Å². The highest BCUT2D eigenvalue weighted by Crippen LogP contribution is 2.15. The molecule has 0 fully saturated rings. The van der Waals surface area contributed by atoms with Crippen molar-refractivity contribution in [3.63, 3.8) is 0 Å². The minimum Gasteiger partial charge on any atom is -0.292 e. The Morgan fingerprint density at radius 1 is 1.19 bits per heavy atom. The highest BCUT2D eigenvalue weighted by Gasteiger charge is 2.19. The molecule has 1 atom stereocenters. The average Bonchev–Trinajstić information content (AvgIpc) is 2.46. The zero-order valence-corrected chi connectivity index (χ0v) is 13.4. The van der Waals surface area contributed by atoms with Crippen LogP contribution >= 0.6 is 11.6 Å². The van der Waals surface area contributed by atoms with Gasteiger partial charge in [0, 0.05) is 17.1 Å². The van der Waals surface area contributed by atoms with E-state index in [4.69, 9.17) is 11.6 Å². The first-order valence-corrected chi connectivity index (χ1v) is 7.41. The van der Waals surface area contributed by atoms with E-state index in [0.29, 0.717) is 6.54 Å². The van der Waals surface area contributed by atoms with E-state index < -0.39 is 0 Å². The van der Waals surface area contributed by atoms with E-state index in [2.05, 4.69) is 0 Å². The van der Waals surface area contributed by atoms with E-state index in [1.165, 1.54) is 0 Å². The smallest absolute Gasteiger partial charge is 0.179 e. The second kappa shape index (κ2) is 6.88. The summed E-state index contributed by atoms with van der Waals surface area (Å²) >= 11 is 6.00. The van der Waals surface area contributed by atoms with Crippen LogP contribution in [0.2, 0.25) is 5.02 Å². The molecule has 0 saturated carbocycles. The molecule has 21 heavy (non-hydrogen) atoms. The minimum atomic E-state index is -0.174. The number of halogens is 1. The molecule has 0 heterocycles. The summed E-state index contributed by atoms with van der Waals surface area (Å²) in [5.41, 5.74) is 3.02. The lowest BCUT2D eigenvalue weighted by Gasteiger charge is -2.23. The standard InChI is InChI=1S/C18H20ClNO/c1-13-7-9-16(10-8-13)18(21)14(2)20(3)12-15-5-4-6-17(19)11-15/h4-11,14H,12H2,1-3H3. The molecular formula is C18H20ClNO. The molecule has 0 aliphatic carbocycles. The molecule has 3 heteroatoms. The second-order valence-electron chi connectivity index (χ2n) is 5.45. The maximum atomic E-state index is 12.5. The lowest BCUT2D eigenvalue weighted by atomic mass is 10.0. The molecule has 2 aromatic carbocycles. The first kappa shape index (κ1) is 15.7. The van der Waals surface area contributed by atoms with Gasteiger partial charge in [-0.05, 0) is 38.6 Å². The Balaban J connectivity index is 2.06. The summed E-state index contributed by atoms with van der Waals surface area (Å²) in [4.78, 5) is 14.5. The number of carbonyl (C=O) groups excluding carboxylic acids is 1. The highest BCUT2D eigenvalue weighted by molar-refractivity contribution is 6.30. The molecule has 0 aliphatic heterocycles. The Bertz CT molecular complexity index is 621. The first-order chi connectivity index (χ1) is 9.97. The summed E-state index contributed by atoms with van der Waals surface area (Å²) in [5, 5.41) is 0.721. The zero-order chi connectivity index (χ0) is 15.4. The fraction of sp³-hybridized carbons (Fsp3) is 0.278. The van der Waals surface area contributed by atoms with Crippen LogP contribution in [0.3, 0.4) is 0 Å². The van der Waals surface area contributed by atoms with Crippen LogP contribution in [-0.2, 0) is 6.54 Å².